The van der Waals surface area contributed by atoms with Crippen LogP contribution in [0.3, 0.4) is 0 Å². The summed E-state index contributed by atoms with van der Waals surface area (Å²) in [5, 5.41) is 0. The van der Waals surface area contributed by atoms with Gasteiger partial charge in [0.05, 0.1) is 39.6 Å². The third kappa shape index (κ3) is 29.7. The van der Waals surface area contributed by atoms with E-state index in [1.165, 1.54) is 0 Å². The van der Waals surface area contributed by atoms with Crippen LogP contribution in [0.25, 0.3) is 0 Å². The van der Waals surface area contributed by atoms with Crippen molar-refractivity contribution in [2.45, 2.75) is 13.8 Å². The van der Waals surface area contributed by atoms with E-state index >= 15 is 0 Å². The molecule has 0 N–H and O–H groups in total. The molecule has 0 unspecified atom stereocenters. The van der Waals surface area contributed by atoms with E-state index < -0.39 is 10.8 Å². The average molecular weight is 284 g/mol. The molecule has 0 saturated heterocycles. The summed E-state index contributed by atoms with van der Waals surface area (Å²) >= 11 is 0. The third-order valence-corrected chi connectivity index (χ3v) is 1.52. The van der Waals surface area contributed by atoms with E-state index in [2.05, 4.69) is 0 Å². The van der Waals surface area contributed by atoms with Gasteiger partial charge >= 0.3 is 0 Å². The molecule has 0 aliphatic carbocycles. The Labute approximate surface area is 114 Å². The fraction of sp³-hybridized carbons (Fsp3) is 1.00. The Kier molecular flexibility index (Phi) is 21.8. The predicted molar refractivity (Wildman–Crippen MR) is 74.6 cm³/mol. The zero-order valence-electron chi connectivity index (χ0n) is 12.1. The lowest BCUT2D eigenvalue weighted by atomic mass is 10.7. The molecule has 0 heterocycles. The highest BCUT2D eigenvalue weighted by molar-refractivity contribution is 7.83. The molecule has 0 spiro atoms. The van der Waals surface area contributed by atoms with Gasteiger partial charge in [-0.15, -0.1) is 0 Å². The van der Waals surface area contributed by atoms with E-state index in [1.807, 2.05) is 13.8 Å². The van der Waals surface area contributed by atoms with Crippen LogP contribution < -0.4 is 0 Å². The first kappa shape index (κ1) is 20.3. The van der Waals surface area contributed by atoms with Crippen molar-refractivity contribution in [3.8, 4) is 0 Å². The van der Waals surface area contributed by atoms with Gasteiger partial charge in [0.1, 0.15) is 0 Å². The number of ether oxygens (including phenoxy) is 4. The van der Waals surface area contributed by atoms with Crippen LogP contribution in [0.4, 0.5) is 0 Å². The third-order valence-electron chi connectivity index (χ3n) is 1.52. The average Bonchev–Trinajstić information content (AvgIpc) is 2.31. The Hall–Kier alpha value is -0.0100. The van der Waals surface area contributed by atoms with Crippen LogP contribution in [0, 0.1) is 0 Å². The molecule has 0 amide bonds. The summed E-state index contributed by atoms with van der Waals surface area (Å²) in [7, 11) is -0.611. The molecule has 6 heteroatoms. The molecule has 0 aromatic rings. The van der Waals surface area contributed by atoms with Crippen molar-refractivity contribution in [3.05, 3.63) is 0 Å². The summed E-state index contributed by atoms with van der Waals surface area (Å²) in [5.74, 6) is 0. The molecule has 0 aliphatic heterocycles. The number of hydrogen-bond acceptors (Lipinski definition) is 5. The zero-order valence-corrected chi connectivity index (χ0v) is 12.9. The first-order chi connectivity index (χ1) is 8.65. The smallest absolute Gasteiger partial charge is 0.0701 e. The van der Waals surface area contributed by atoms with Crippen LogP contribution in [0.2, 0.25) is 0 Å². The first-order valence-corrected chi connectivity index (χ1v) is 8.17. The van der Waals surface area contributed by atoms with E-state index in [-0.39, 0.29) is 0 Å². The molecule has 112 valence electrons. The van der Waals surface area contributed by atoms with Crippen molar-refractivity contribution in [1.82, 2.24) is 0 Å². The molecule has 5 nitrogen and oxygen atoms in total. The second-order valence-electron chi connectivity index (χ2n) is 3.36. The van der Waals surface area contributed by atoms with Crippen LogP contribution in [0.15, 0.2) is 0 Å². The van der Waals surface area contributed by atoms with Crippen molar-refractivity contribution < 1.29 is 23.2 Å². The van der Waals surface area contributed by atoms with E-state index in [0.717, 1.165) is 13.2 Å². The highest BCUT2D eigenvalue weighted by Gasteiger charge is 1.90. The van der Waals surface area contributed by atoms with Gasteiger partial charge in [-0.3, -0.25) is 4.21 Å². The van der Waals surface area contributed by atoms with Crippen LogP contribution in [0.5, 0.6) is 0 Å². The minimum atomic E-state index is -0.611. The van der Waals surface area contributed by atoms with Crippen molar-refractivity contribution in [3.63, 3.8) is 0 Å². The summed E-state index contributed by atoms with van der Waals surface area (Å²) in [6, 6.07) is 0. The number of rotatable bonds is 11. The Balaban J connectivity index is 0. The van der Waals surface area contributed by atoms with E-state index in [4.69, 9.17) is 18.9 Å². The lowest BCUT2D eigenvalue weighted by Gasteiger charge is -2.05. The van der Waals surface area contributed by atoms with Crippen molar-refractivity contribution in [1.29, 1.82) is 0 Å². The van der Waals surface area contributed by atoms with Crippen LogP contribution in [0.1, 0.15) is 13.8 Å². The van der Waals surface area contributed by atoms with Crippen LogP contribution >= 0.6 is 0 Å². The molecule has 0 bridgehead atoms. The Morgan fingerprint density at radius 3 is 1.11 bits per heavy atom. The molecule has 18 heavy (non-hydrogen) atoms. The van der Waals surface area contributed by atoms with Gasteiger partial charge in [-0.1, -0.05) is 0 Å². The first-order valence-electron chi connectivity index (χ1n) is 6.21. The standard InChI is InChI=1S/C10H22O4.C2H6OS/c1-3-11-5-7-13-9-10-14-8-6-12-4-2;1-4(2)3/h3-10H2,1-2H3;1-2H3. The summed E-state index contributed by atoms with van der Waals surface area (Å²) in [5.41, 5.74) is 0. The van der Waals surface area contributed by atoms with Crippen LogP contribution in [-0.2, 0) is 29.7 Å². The molecule has 0 aromatic heterocycles. The maximum atomic E-state index is 9.56. The summed E-state index contributed by atoms with van der Waals surface area (Å²) < 4.78 is 30.3. The Morgan fingerprint density at radius 2 is 0.889 bits per heavy atom. The summed E-state index contributed by atoms with van der Waals surface area (Å²) in [6.07, 6.45) is 3.28. The van der Waals surface area contributed by atoms with Crippen LogP contribution in [-0.4, -0.2) is 69.6 Å². The molecule has 0 aromatic carbocycles. The predicted octanol–water partition coefficient (Wildman–Crippen LogP) is 1.09. The summed E-state index contributed by atoms with van der Waals surface area (Å²) in [6.45, 7) is 9.28. The SMILES string of the molecule is CCOCCOCCOCCOCC.CS(C)=O. The van der Waals surface area contributed by atoms with Gasteiger partial charge in [0.15, 0.2) is 0 Å². The fourth-order valence-corrected chi connectivity index (χ4v) is 0.846. The molecule has 0 radical (unpaired) electrons. The molecule has 0 fully saturated rings. The zero-order chi connectivity index (χ0) is 14.1. The van der Waals surface area contributed by atoms with Gasteiger partial charge in [-0.05, 0) is 13.8 Å². The van der Waals surface area contributed by atoms with Gasteiger partial charge in [0.25, 0.3) is 0 Å². The lowest BCUT2D eigenvalue weighted by molar-refractivity contribution is 0.000930. The molecular weight excluding hydrogens is 256 g/mol. The van der Waals surface area contributed by atoms with Crippen molar-refractivity contribution in [2.24, 2.45) is 0 Å². The topological polar surface area (TPSA) is 54.0 Å². The molecule has 0 saturated carbocycles. The van der Waals surface area contributed by atoms with Gasteiger partial charge in [0.2, 0.25) is 0 Å². The van der Waals surface area contributed by atoms with Gasteiger partial charge in [-0.2, -0.15) is 0 Å². The summed E-state index contributed by atoms with van der Waals surface area (Å²) in [4.78, 5) is 0. The lowest BCUT2D eigenvalue weighted by Crippen LogP contribution is -2.11. The highest BCUT2D eigenvalue weighted by Crippen LogP contribution is 1.81. The van der Waals surface area contributed by atoms with Gasteiger partial charge in [0, 0.05) is 36.5 Å². The fourth-order valence-electron chi connectivity index (χ4n) is 0.846. The second-order valence-corrected chi connectivity index (χ2v) is 4.84. The van der Waals surface area contributed by atoms with Gasteiger partial charge in [-0.25, -0.2) is 0 Å². The van der Waals surface area contributed by atoms with E-state index in [1.54, 1.807) is 12.5 Å². The van der Waals surface area contributed by atoms with Crippen molar-refractivity contribution >= 4 is 10.8 Å². The number of hydrogen-bond donors (Lipinski definition) is 0. The maximum absolute atomic E-state index is 9.56. The minimum Gasteiger partial charge on any atom is -0.379 e. The Morgan fingerprint density at radius 1 is 0.667 bits per heavy atom. The monoisotopic (exact) mass is 284 g/mol. The van der Waals surface area contributed by atoms with Crippen molar-refractivity contribution in [2.75, 3.05) is 65.4 Å². The largest absolute Gasteiger partial charge is 0.379 e. The highest BCUT2D eigenvalue weighted by atomic mass is 32.2. The van der Waals surface area contributed by atoms with E-state index in [0.29, 0.717) is 39.6 Å². The minimum absolute atomic E-state index is 0.611. The van der Waals surface area contributed by atoms with Gasteiger partial charge < -0.3 is 18.9 Å². The molecule has 0 rings (SSSR count). The molecule has 0 aliphatic rings. The molecule has 0 atom stereocenters. The normalized spacial score (nSPS) is 10.3. The second kappa shape index (κ2) is 19.3. The Bertz CT molecular complexity index is 151. The quantitative estimate of drug-likeness (QED) is 0.532. The molecular formula is C12H28O5S. The maximum Gasteiger partial charge on any atom is 0.0701 e. The van der Waals surface area contributed by atoms with E-state index in [9.17, 15) is 4.21 Å².